The summed E-state index contributed by atoms with van der Waals surface area (Å²) in [6.45, 7) is 4.43. The van der Waals surface area contributed by atoms with Crippen LogP contribution >= 0.6 is 0 Å². The Kier molecular flexibility index (Phi) is 5.01. The summed E-state index contributed by atoms with van der Waals surface area (Å²) in [5.74, 6) is 1.40. The van der Waals surface area contributed by atoms with Crippen molar-refractivity contribution >= 4 is 0 Å². The highest BCUT2D eigenvalue weighted by Crippen LogP contribution is 2.40. The Morgan fingerprint density at radius 3 is 2.39 bits per heavy atom. The lowest BCUT2D eigenvalue weighted by atomic mass is 9.91. The molecule has 2 aliphatic rings. The van der Waals surface area contributed by atoms with Crippen molar-refractivity contribution in [3.05, 3.63) is 0 Å². The summed E-state index contributed by atoms with van der Waals surface area (Å²) in [5.41, 5.74) is -0.0614. The fourth-order valence-corrected chi connectivity index (χ4v) is 3.25. The van der Waals surface area contributed by atoms with Gasteiger partial charge in [0, 0.05) is 20.3 Å². The van der Waals surface area contributed by atoms with E-state index in [0.717, 1.165) is 32.2 Å². The molecule has 106 valence electrons. The highest BCUT2D eigenvalue weighted by atomic mass is 16.5. The molecule has 0 amide bonds. The quantitative estimate of drug-likeness (QED) is 0.704. The second kappa shape index (κ2) is 6.33. The van der Waals surface area contributed by atoms with Gasteiger partial charge in [-0.05, 0) is 57.7 Å². The molecule has 0 bridgehead atoms. The Hall–Kier alpha value is -0.160. The van der Waals surface area contributed by atoms with Gasteiger partial charge in [-0.25, -0.2) is 0 Å². The van der Waals surface area contributed by atoms with E-state index in [4.69, 9.17) is 4.74 Å². The molecule has 18 heavy (non-hydrogen) atoms. The smallest absolute Gasteiger partial charge is 0.0628 e. The minimum Gasteiger partial charge on any atom is -0.394 e. The van der Waals surface area contributed by atoms with E-state index in [-0.39, 0.29) is 12.1 Å². The van der Waals surface area contributed by atoms with Gasteiger partial charge in [0.2, 0.25) is 0 Å². The molecular weight excluding hydrogens is 228 g/mol. The molecule has 1 aliphatic carbocycles. The van der Waals surface area contributed by atoms with Crippen molar-refractivity contribution in [2.45, 2.75) is 31.2 Å². The molecule has 1 saturated carbocycles. The second-order valence-corrected chi connectivity index (χ2v) is 6.01. The molecule has 1 aliphatic heterocycles. The van der Waals surface area contributed by atoms with Crippen LogP contribution in [0, 0.1) is 11.8 Å². The zero-order chi connectivity index (χ0) is 13.0. The van der Waals surface area contributed by atoms with Crippen LogP contribution in [0.4, 0.5) is 0 Å². The molecule has 1 saturated heterocycles. The predicted molar refractivity (Wildman–Crippen MR) is 72.6 cm³/mol. The number of piperidine rings is 1. The van der Waals surface area contributed by atoms with Crippen LogP contribution in [-0.4, -0.2) is 62.6 Å². The molecule has 4 heteroatoms. The number of methoxy groups -OCH3 is 1. The maximum atomic E-state index is 9.74. The number of ether oxygens (including phenoxy) is 1. The number of nitrogens with one attached hydrogen (secondary N) is 1. The molecule has 0 aromatic rings. The van der Waals surface area contributed by atoms with Gasteiger partial charge in [-0.3, -0.25) is 0 Å². The summed E-state index contributed by atoms with van der Waals surface area (Å²) < 4.78 is 5.24. The third-order valence-corrected chi connectivity index (χ3v) is 4.75. The molecule has 2 fully saturated rings. The van der Waals surface area contributed by atoms with E-state index in [2.05, 4.69) is 10.2 Å². The van der Waals surface area contributed by atoms with Crippen LogP contribution in [-0.2, 0) is 4.74 Å². The number of likely N-dealkylation sites (N-methyl/N-ethyl adjacent to an activating group) is 1. The van der Waals surface area contributed by atoms with Crippen molar-refractivity contribution in [2.24, 2.45) is 11.8 Å². The van der Waals surface area contributed by atoms with Crippen LogP contribution in [0.2, 0.25) is 0 Å². The van der Waals surface area contributed by atoms with Crippen LogP contribution < -0.4 is 5.32 Å². The Morgan fingerprint density at radius 2 is 1.94 bits per heavy atom. The van der Waals surface area contributed by atoms with Gasteiger partial charge in [0.15, 0.2) is 0 Å². The zero-order valence-corrected chi connectivity index (χ0v) is 11.8. The number of likely N-dealkylation sites (tertiary alicyclic amines) is 1. The Morgan fingerprint density at radius 1 is 1.28 bits per heavy atom. The molecule has 0 aromatic carbocycles. The Labute approximate surface area is 111 Å². The summed E-state index contributed by atoms with van der Waals surface area (Å²) >= 11 is 0. The third kappa shape index (κ3) is 3.23. The van der Waals surface area contributed by atoms with E-state index in [1.165, 1.54) is 25.7 Å². The van der Waals surface area contributed by atoms with Crippen molar-refractivity contribution in [3.8, 4) is 0 Å². The summed E-state index contributed by atoms with van der Waals surface area (Å²) in [6.07, 6.45) is 4.98. The first-order valence-corrected chi connectivity index (χ1v) is 7.25. The van der Waals surface area contributed by atoms with E-state index in [0.29, 0.717) is 5.92 Å². The molecule has 2 N–H and O–H groups in total. The molecule has 2 rings (SSSR count). The number of hydrogen-bond donors (Lipinski definition) is 2. The minimum atomic E-state index is -0.0614. The van der Waals surface area contributed by atoms with Crippen LogP contribution in [0.15, 0.2) is 0 Å². The zero-order valence-electron chi connectivity index (χ0n) is 11.8. The predicted octanol–water partition coefficient (Wildman–Crippen LogP) is 0.705. The number of aliphatic hydroxyl groups is 1. The first kappa shape index (κ1) is 14.3. The van der Waals surface area contributed by atoms with Crippen molar-refractivity contribution in [2.75, 3.05) is 47.0 Å². The normalized spacial score (nSPS) is 26.2. The topological polar surface area (TPSA) is 44.7 Å². The van der Waals surface area contributed by atoms with Crippen LogP contribution in [0.25, 0.3) is 0 Å². The fourth-order valence-electron chi connectivity index (χ4n) is 3.25. The number of rotatable bonds is 7. The SMILES string of the molecule is CNC(CO)(CN1CCC(COC)CC1)C1CC1. The van der Waals surface area contributed by atoms with E-state index in [1.807, 2.05) is 7.05 Å². The minimum absolute atomic E-state index is 0.0614. The molecule has 0 radical (unpaired) electrons. The van der Waals surface area contributed by atoms with Gasteiger partial charge in [-0.1, -0.05) is 0 Å². The summed E-state index contributed by atoms with van der Waals surface area (Å²) in [4.78, 5) is 2.51. The van der Waals surface area contributed by atoms with Gasteiger partial charge in [0.05, 0.1) is 12.1 Å². The van der Waals surface area contributed by atoms with E-state index in [1.54, 1.807) is 7.11 Å². The summed E-state index contributed by atoms with van der Waals surface area (Å²) in [5, 5.41) is 13.1. The van der Waals surface area contributed by atoms with Gasteiger partial charge < -0.3 is 20.1 Å². The molecule has 1 atom stereocenters. The number of hydrogen-bond acceptors (Lipinski definition) is 4. The van der Waals surface area contributed by atoms with Crippen molar-refractivity contribution in [1.29, 1.82) is 0 Å². The lowest BCUT2D eigenvalue weighted by Crippen LogP contribution is -2.57. The molecule has 4 nitrogen and oxygen atoms in total. The van der Waals surface area contributed by atoms with Gasteiger partial charge in [-0.2, -0.15) is 0 Å². The van der Waals surface area contributed by atoms with Gasteiger partial charge in [0.1, 0.15) is 0 Å². The standard InChI is InChI=1S/C14H28N2O2/c1-15-14(11-17,13-3-4-13)10-16-7-5-12(6-8-16)9-18-2/h12-13,15,17H,3-11H2,1-2H3. The lowest BCUT2D eigenvalue weighted by Gasteiger charge is -2.40. The second-order valence-electron chi connectivity index (χ2n) is 6.01. The fraction of sp³-hybridized carbons (Fsp3) is 1.00. The molecule has 1 heterocycles. The average Bonchev–Trinajstić information content (AvgIpc) is 3.23. The number of aliphatic hydroxyl groups excluding tert-OH is 1. The monoisotopic (exact) mass is 256 g/mol. The Bertz CT molecular complexity index is 244. The van der Waals surface area contributed by atoms with Crippen LogP contribution in [0.1, 0.15) is 25.7 Å². The summed E-state index contributed by atoms with van der Waals surface area (Å²) in [7, 11) is 3.78. The first-order valence-electron chi connectivity index (χ1n) is 7.25. The van der Waals surface area contributed by atoms with Crippen molar-refractivity contribution in [3.63, 3.8) is 0 Å². The van der Waals surface area contributed by atoms with E-state index in [9.17, 15) is 5.11 Å². The van der Waals surface area contributed by atoms with E-state index >= 15 is 0 Å². The van der Waals surface area contributed by atoms with E-state index < -0.39 is 0 Å². The van der Waals surface area contributed by atoms with Crippen LogP contribution in [0.5, 0.6) is 0 Å². The van der Waals surface area contributed by atoms with Gasteiger partial charge in [0.25, 0.3) is 0 Å². The van der Waals surface area contributed by atoms with Crippen molar-refractivity contribution in [1.82, 2.24) is 10.2 Å². The first-order chi connectivity index (χ1) is 8.74. The van der Waals surface area contributed by atoms with Crippen molar-refractivity contribution < 1.29 is 9.84 Å². The molecule has 1 unspecified atom stereocenters. The average molecular weight is 256 g/mol. The van der Waals surface area contributed by atoms with Crippen LogP contribution in [0.3, 0.4) is 0 Å². The molecule has 0 spiro atoms. The Balaban J connectivity index is 1.82. The highest BCUT2D eigenvalue weighted by molar-refractivity contribution is 5.02. The maximum Gasteiger partial charge on any atom is 0.0628 e. The largest absolute Gasteiger partial charge is 0.394 e. The molecular formula is C14H28N2O2. The lowest BCUT2D eigenvalue weighted by molar-refractivity contribution is 0.0591. The molecule has 0 aromatic heterocycles. The third-order valence-electron chi connectivity index (χ3n) is 4.75. The highest BCUT2D eigenvalue weighted by Gasteiger charge is 2.44. The van der Waals surface area contributed by atoms with Gasteiger partial charge >= 0.3 is 0 Å². The maximum absolute atomic E-state index is 9.74. The number of nitrogens with zero attached hydrogens (tertiary/aromatic N) is 1. The summed E-state index contributed by atoms with van der Waals surface area (Å²) in [6, 6.07) is 0. The van der Waals surface area contributed by atoms with Gasteiger partial charge in [-0.15, -0.1) is 0 Å².